The van der Waals surface area contributed by atoms with Crippen LogP contribution in [0.4, 0.5) is 0 Å². The number of fused-ring (bicyclic) bond motifs is 1. The Bertz CT molecular complexity index is 481. The van der Waals surface area contributed by atoms with E-state index in [0.717, 1.165) is 24.3 Å². The lowest BCUT2D eigenvalue weighted by atomic mass is 10.1. The predicted molar refractivity (Wildman–Crippen MR) is 71.7 cm³/mol. The fraction of sp³-hybridized carbons (Fsp3) is 0.385. The van der Waals surface area contributed by atoms with E-state index in [1.54, 1.807) is 18.4 Å². The second-order valence-electron chi connectivity index (χ2n) is 3.83. The van der Waals surface area contributed by atoms with Crippen molar-refractivity contribution in [2.45, 2.75) is 13.0 Å². The number of hydrogen-bond acceptors (Lipinski definition) is 4. The minimum Gasteiger partial charge on any atom is -0.493 e. The van der Waals surface area contributed by atoms with Crippen LogP contribution in [0.3, 0.4) is 0 Å². The second-order valence-corrected chi connectivity index (χ2v) is 4.77. The smallest absolute Gasteiger partial charge is 0.128 e. The van der Waals surface area contributed by atoms with Crippen molar-refractivity contribution in [1.82, 2.24) is 0 Å². The molecule has 17 heavy (non-hydrogen) atoms. The van der Waals surface area contributed by atoms with E-state index < -0.39 is 0 Å². The minimum atomic E-state index is 0.544. The molecule has 0 aliphatic heterocycles. The Morgan fingerprint density at radius 3 is 2.94 bits per heavy atom. The number of benzene rings is 1. The molecule has 1 heterocycles. The van der Waals surface area contributed by atoms with Crippen molar-refractivity contribution in [3.8, 4) is 5.75 Å². The van der Waals surface area contributed by atoms with E-state index in [9.17, 15) is 0 Å². The molecular weight excluding hydrogens is 234 g/mol. The van der Waals surface area contributed by atoms with Gasteiger partial charge in [-0.25, -0.2) is 0 Å². The molecule has 0 aliphatic carbocycles. The molecule has 2 aromatic rings. The summed E-state index contributed by atoms with van der Waals surface area (Å²) in [4.78, 5) is 0. The van der Waals surface area contributed by atoms with Gasteiger partial charge in [-0.05, 0) is 29.1 Å². The van der Waals surface area contributed by atoms with Crippen LogP contribution in [0.5, 0.6) is 5.75 Å². The quantitative estimate of drug-likeness (QED) is 0.803. The lowest BCUT2D eigenvalue weighted by Gasteiger charge is -2.09. The topological polar surface area (TPSA) is 44.5 Å². The standard InChI is InChI=1S/C13H17NO2S/c1-15-4-2-5-16-12-7-10(9-14)8-13-11(12)3-6-17-13/h3,6-8H,2,4-5,9,14H2,1H3. The van der Waals surface area contributed by atoms with Crippen molar-refractivity contribution >= 4 is 21.4 Å². The molecule has 0 saturated heterocycles. The van der Waals surface area contributed by atoms with Crippen LogP contribution in [0.2, 0.25) is 0 Å². The average Bonchev–Trinajstić information content (AvgIpc) is 2.82. The Hall–Kier alpha value is -1.10. The van der Waals surface area contributed by atoms with Crippen molar-refractivity contribution in [3.05, 3.63) is 29.1 Å². The Morgan fingerprint density at radius 1 is 1.29 bits per heavy atom. The van der Waals surface area contributed by atoms with Gasteiger partial charge in [0.2, 0.25) is 0 Å². The van der Waals surface area contributed by atoms with Crippen LogP contribution in [0.25, 0.3) is 10.1 Å². The van der Waals surface area contributed by atoms with Gasteiger partial charge in [0.05, 0.1) is 6.61 Å². The van der Waals surface area contributed by atoms with Gasteiger partial charge in [-0.2, -0.15) is 0 Å². The van der Waals surface area contributed by atoms with Crippen LogP contribution in [0, 0.1) is 0 Å². The molecular formula is C13H17NO2S. The van der Waals surface area contributed by atoms with Gasteiger partial charge >= 0.3 is 0 Å². The zero-order valence-corrected chi connectivity index (χ0v) is 10.8. The van der Waals surface area contributed by atoms with Crippen molar-refractivity contribution in [1.29, 1.82) is 0 Å². The third-order valence-corrected chi connectivity index (χ3v) is 3.44. The predicted octanol–water partition coefficient (Wildman–Crippen LogP) is 2.78. The van der Waals surface area contributed by atoms with E-state index in [2.05, 4.69) is 17.5 Å². The second kappa shape index (κ2) is 6.00. The molecule has 1 aromatic heterocycles. The van der Waals surface area contributed by atoms with Gasteiger partial charge in [-0.1, -0.05) is 0 Å². The fourth-order valence-electron chi connectivity index (χ4n) is 1.72. The third kappa shape index (κ3) is 2.97. The largest absolute Gasteiger partial charge is 0.493 e. The Balaban J connectivity index is 2.16. The molecule has 0 unspecified atom stereocenters. The van der Waals surface area contributed by atoms with Gasteiger partial charge in [0, 0.05) is 36.8 Å². The van der Waals surface area contributed by atoms with E-state index in [1.165, 1.54) is 10.1 Å². The van der Waals surface area contributed by atoms with Crippen molar-refractivity contribution < 1.29 is 9.47 Å². The zero-order chi connectivity index (χ0) is 12.1. The van der Waals surface area contributed by atoms with E-state index in [0.29, 0.717) is 13.2 Å². The highest BCUT2D eigenvalue weighted by Crippen LogP contribution is 2.31. The molecule has 0 atom stereocenters. The summed E-state index contributed by atoms with van der Waals surface area (Å²) in [6, 6.07) is 6.25. The molecule has 4 heteroatoms. The van der Waals surface area contributed by atoms with Crippen LogP contribution in [0.15, 0.2) is 23.6 Å². The highest BCUT2D eigenvalue weighted by molar-refractivity contribution is 7.17. The van der Waals surface area contributed by atoms with Gasteiger partial charge in [0.15, 0.2) is 0 Å². The van der Waals surface area contributed by atoms with Crippen molar-refractivity contribution in [2.75, 3.05) is 20.3 Å². The first-order valence-electron chi connectivity index (χ1n) is 5.67. The summed E-state index contributed by atoms with van der Waals surface area (Å²) in [7, 11) is 1.70. The number of hydrogen-bond donors (Lipinski definition) is 1. The number of methoxy groups -OCH3 is 1. The van der Waals surface area contributed by atoms with Crippen LogP contribution in [0.1, 0.15) is 12.0 Å². The molecule has 1 aromatic carbocycles. The molecule has 2 rings (SSSR count). The summed E-state index contributed by atoms with van der Waals surface area (Å²) in [5.41, 5.74) is 6.80. The van der Waals surface area contributed by atoms with E-state index in [-0.39, 0.29) is 0 Å². The number of ether oxygens (including phenoxy) is 2. The van der Waals surface area contributed by atoms with Crippen LogP contribution < -0.4 is 10.5 Å². The van der Waals surface area contributed by atoms with Crippen LogP contribution in [-0.2, 0) is 11.3 Å². The lowest BCUT2D eigenvalue weighted by molar-refractivity contribution is 0.172. The molecule has 0 aliphatic rings. The van der Waals surface area contributed by atoms with Crippen LogP contribution >= 0.6 is 11.3 Å². The summed E-state index contributed by atoms with van der Waals surface area (Å²) in [5, 5.41) is 3.25. The molecule has 0 saturated carbocycles. The van der Waals surface area contributed by atoms with Crippen LogP contribution in [-0.4, -0.2) is 20.3 Å². The molecule has 0 bridgehead atoms. The van der Waals surface area contributed by atoms with Gasteiger partial charge in [-0.3, -0.25) is 0 Å². The first-order chi connectivity index (χ1) is 8.35. The average molecular weight is 251 g/mol. The van der Waals surface area contributed by atoms with Crippen molar-refractivity contribution in [3.63, 3.8) is 0 Å². The molecule has 0 fully saturated rings. The molecule has 0 amide bonds. The normalized spacial score (nSPS) is 10.9. The molecule has 0 radical (unpaired) electrons. The van der Waals surface area contributed by atoms with Gasteiger partial charge in [-0.15, -0.1) is 11.3 Å². The first-order valence-corrected chi connectivity index (χ1v) is 6.55. The SMILES string of the molecule is COCCCOc1cc(CN)cc2sccc12. The monoisotopic (exact) mass is 251 g/mol. The highest BCUT2D eigenvalue weighted by atomic mass is 32.1. The molecule has 3 nitrogen and oxygen atoms in total. The number of thiophene rings is 1. The van der Waals surface area contributed by atoms with E-state index >= 15 is 0 Å². The Labute approximate surface area is 105 Å². The Morgan fingerprint density at radius 2 is 2.18 bits per heavy atom. The van der Waals surface area contributed by atoms with Gasteiger partial charge < -0.3 is 15.2 Å². The zero-order valence-electron chi connectivity index (χ0n) is 9.94. The van der Waals surface area contributed by atoms with Gasteiger partial charge in [0.25, 0.3) is 0 Å². The Kier molecular flexibility index (Phi) is 4.36. The summed E-state index contributed by atoms with van der Waals surface area (Å²) in [6.45, 7) is 1.94. The summed E-state index contributed by atoms with van der Waals surface area (Å²) >= 11 is 1.71. The summed E-state index contributed by atoms with van der Waals surface area (Å²) < 4.78 is 12.0. The fourth-order valence-corrected chi connectivity index (χ4v) is 2.58. The van der Waals surface area contributed by atoms with Gasteiger partial charge in [0.1, 0.15) is 5.75 Å². The third-order valence-electron chi connectivity index (χ3n) is 2.58. The maximum atomic E-state index is 5.79. The van der Waals surface area contributed by atoms with Crippen molar-refractivity contribution in [2.24, 2.45) is 5.73 Å². The maximum absolute atomic E-state index is 5.79. The highest BCUT2D eigenvalue weighted by Gasteiger charge is 2.05. The summed E-state index contributed by atoms with van der Waals surface area (Å²) in [5.74, 6) is 0.931. The molecule has 2 N–H and O–H groups in total. The van der Waals surface area contributed by atoms with E-state index in [1.807, 2.05) is 6.07 Å². The molecule has 0 spiro atoms. The van der Waals surface area contributed by atoms with E-state index in [4.69, 9.17) is 15.2 Å². The lowest BCUT2D eigenvalue weighted by Crippen LogP contribution is -2.03. The number of rotatable bonds is 6. The number of nitrogens with two attached hydrogens (primary N) is 1. The molecule has 92 valence electrons. The minimum absolute atomic E-state index is 0.544. The maximum Gasteiger partial charge on any atom is 0.128 e. The first kappa shape index (κ1) is 12.4. The summed E-state index contributed by atoms with van der Waals surface area (Å²) in [6.07, 6.45) is 0.898.